The Balaban J connectivity index is 2.49. The SMILES string of the molecule is CC(CO)(CO)Nc1ccc(N)c2cccnc12. The van der Waals surface area contributed by atoms with E-state index in [0.29, 0.717) is 5.69 Å². The number of aromatic nitrogens is 1. The summed E-state index contributed by atoms with van der Waals surface area (Å²) in [5, 5.41) is 22.6. The molecule has 18 heavy (non-hydrogen) atoms. The van der Waals surface area contributed by atoms with Crippen LogP contribution in [0.15, 0.2) is 30.5 Å². The molecule has 0 saturated heterocycles. The van der Waals surface area contributed by atoms with Crippen molar-refractivity contribution in [3.63, 3.8) is 0 Å². The summed E-state index contributed by atoms with van der Waals surface area (Å²) in [6, 6.07) is 7.29. The number of aliphatic hydroxyl groups excluding tert-OH is 2. The van der Waals surface area contributed by atoms with E-state index in [-0.39, 0.29) is 13.2 Å². The number of anilines is 2. The second-order valence-corrected chi connectivity index (χ2v) is 4.60. The second kappa shape index (κ2) is 4.80. The fourth-order valence-electron chi connectivity index (χ4n) is 1.75. The quantitative estimate of drug-likeness (QED) is 0.604. The first-order valence-corrected chi connectivity index (χ1v) is 5.73. The van der Waals surface area contributed by atoms with Crippen LogP contribution in [0.4, 0.5) is 11.4 Å². The predicted octanol–water partition coefficient (Wildman–Crippen LogP) is 0.972. The first-order chi connectivity index (χ1) is 8.59. The Morgan fingerprint density at radius 3 is 2.67 bits per heavy atom. The van der Waals surface area contributed by atoms with Gasteiger partial charge in [-0.3, -0.25) is 4.98 Å². The summed E-state index contributed by atoms with van der Waals surface area (Å²) in [5.41, 5.74) is 7.22. The van der Waals surface area contributed by atoms with Gasteiger partial charge in [0, 0.05) is 17.3 Å². The van der Waals surface area contributed by atoms with Gasteiger partial charge in [-0.25, -0.2) is 0 Å². The molecule has 0 amide bonds. The highest BCUT2D eigenvalue weighted by Gasteiger charge is 2.23. The molecule has 2 aromatic rings. The van der Waals surface area contributed by atoms with Crippen LogP contribution in [0.3, 0.4) is 0 Å². The van der Waals surface area contributed by atoms with Crippen LogP contribution in [0.1, 0.15) is 6.92 Å². The largest absolute Gasteiger partial charge is 0.398 e. The van der Waals surface area contributed by atoms with Gasteiger partial charge >= 0.3 is 0 Å². The van der Waals surface area contributed by atoms with E-state index in [1.807, 2.05) is 12.1 Å². The topological polar surface area (TPSA) is 91.4 Å². The smallest absolute Gasteiger partial charge is 0.0954 e. The number of fused-ring (bicyclic) bond motifs is 1. The van der Waals surface area contributed by atoms with E-state index in [4.69, 9.17) is 5.73 Å². The van der Waals surface area contributed by atoms with Gasteiger partial charge in [0.15, 0.2) is 0 Å². The molecule has 0 bridgehead atoms. The van der Waals surface area contributed by atoms with Crippen molar-refractivity contribution < 1.29 is 10.2 Å². The molecule has 0 unspecified atom stereocenters. The number of benzene rings is 1. The van der Waals surface area contributed by atoms with Gasteiger partial charge in [0.2, 0.25) is 0 Å². The maximum Gasteiger partial charge on any atom is 0.0954 e. The van der Waals surface area contributed by atoms with Crippen molar-refractivity contribution >= 4 is 22.3 Å². The summed E-state index contributed by atoms with van der Waals surface area (Å²) in [6.07, 6.45) is 1.68. The van der Waals surface area contributed by atoms with Crippen LogP contribution in [-0.2, 0) is 0 Å². The predicted molar refractivity (Wildman–Crippen MR) is 72.4 cm³/mol. The zero-order valence-corrected chi connectivity index (χ0v) is 10.2. The maximum atomic E-state index is 9.31. The van der Waals surface area contributed by atoms with Gasteiger partial charge < -0.3 is 21.3 Å². The number of hydrogen-bond donors (Lipinski definition) is 4. The lowest BCUT2D eigenvalue weighted by atomic mass is 10.0. The number of pyridine rings is 1. The monoisotopic (exact) mass is 247 g/mol. The lowest BCUT2D eigenvalue weighted by Gasteiger charge is -2.28. The normalized spacial score (nSPS) is 11.7. The molecule has 1 aromatic carbocycles. The van der Waals surface area contributed by atoms with Crippen LogP contribution < -0.4 is 11.1 Å². The van der Waals surface area contributed by atoms with Crippen molar-refractivity contribution in [1.29, 1.82) is 0 Å². The van der Waals surface area contributed by atoms with Crippen molar-refractivity contribution in [1.82, 2.24) is 4.98 Å². The fourth-order valence-corrected chi connectivity index (χ4v) is 1.75. The highest BCUT2D eigenvalue weighted by atomic mass is 16.3. The van der Waals surface area contributed by atoms with Crippen LogP contribution in [0.25, 0.3) is 10.9 Å². The summed E-state index contributed by atoms with van der Waals surface area (Å²) in [7, 11) is 0. The molecule has 5 heteroatoms. The Morgan fingerprint density at radius 1 is 1.28 bits per heavy atom. The number of nitrogens with two attached hydrogens (primary N) is 1. The van der Waals surface area contributed by atoms with Crippen LogP contribution >= 0.6 is 0 Å². The Labute approximate surface area is 105 Å². The van der Waals surface area contributed by atoms with Gasteiger partial charge in [0.1, 0.15) is 0 Å². The average Bonchev–Trinajstić information content (AvgIpc) is 2.42. The number of nitrogens with zero attached hydrogens (tertiary/aromatic N) is 1. The van der Waals surface area contributed by atoms with E-state index in [9.17, 15) is 10.2 Å². The molecule has 0 radical (unpaired) electrons. The molecule has 0 aliphatic rings. The molecule has 5 N–H and O–H groups in total. The van der Waals surface area contributed by atoms with E-state index >= 15 is 0 Å². The van der Waals surface area contributed by atoms with Crippen molar-refractivity contribution in [2.24, 2.45) is 0 Å². The van der Waals surface area contributed by atoms with Gasteiger partial charge in [-0.2, -0.15) is 0 Å². The van der Waals surface area contributed by atoms with Crippen molar-refractivity contribution in [3.8, 4) is 0 Å². The summed E-state index contributed by atoms with van der Waals surface area (Å²) >= 11 is 0. The molecule has 2 rings (SSSR count). The van der Waals surface area contributed by atoms with Crippen LogP contribution in [-0.4, -0.2) is 33.9 Å². The minimum atomic E-state index is -0.791. The molecule has 1 heterocycles. The van der Waals surface area contributed by atoms with Crippen molar-refractivity contribution in [2.75, 3.05) is 24.3 Å². The van der Waals surface area contributed by atoms with Crippen molar-refractivity contribution in [2.45, 2.75) is 12.5 Å². The number of aliphatic hydroxyl groups is 2. The first kappa shape index (κ1) is 12.6. The molecule has 5 nitrogen and oxygen atoms in total. The third kappa shape index (κ3) is 2.23. The van der Waals surface area contributed by atoms with Gasteiger partial charge in [-0.1, -0.05) is 0 Å². The molecule has 0 aliphatic heterocycles. The molecule has 96 valence electrons. The van der Waals surface area contributed by atoms with Crippen molar-refractivity contribution in [3.05, 3.63) is 30.5 Å². The lowest BCUT2D eigenvalue weighted by molar-refractivity contribution is 0.147. The second-order valence-electron chi connectivity index (χ2n) is 4.60. The van der Waals surface area contributed by atoms with E-state index in [1.165, 1.54) is 0 Å². The third-order valence-corrected chi connectivity index (χ3v) is 2.94. The number of nitrogen functional groups attached to an aromatic ring is 1. The summed E-state index contributed by atoms with van der Waals surface area (Å²) < 4.78 is 0. The Kier molecular flexibility index (Phi) is 3.36. The van der Waals surface area contributed by atoms with E-state index < -0.39 is 5.54 Å². The van der Waals surface area contributed by atoms with Crippen LogP contribution in [0, 0.1) is 0 Å². The molecular formula is C13H17N3O2. The molecular weight excluding hydrogens is 230 g/mol. The van der Waals surface area contributed by atoms with Gasteiger partial charge in [-0.05, 0) is 31.2 Å². The van der Waals surface area contributed by atoms with Gasteiger partial charge in [0.05, 0.1) is 30.0 Å². The number of nitrogens with one attached hydrogen (secondary N) is 1. The van der Waals surface area contributed by atoms with Crippen LogP contribution in [0.2, 0.25) is 0 Å². The molecule has 0 fully saturated rings. The maximum absolute atomic E-state index is 9.31. The summed E-state index contributed by atoms with van der Waals surface area (Å²) in [5.74, 6) is 0. The lowest BCUT2D eigenvalue weighted by Crippen LogP contribution is -2.42. The third-order valence-electron chi connectivity index (χ3n) is 2.94. The summed E-state index contributed by atoms with van der Waals surface area (Å²) in [4.78, 5) is 4.29. The average molecular weight is 247 g/mol. The minimum Gasteiger partial charge on any atom is -0.398 e. The van der Waals surface area contributed by atoms with E-state index in [2.05, 4.69) is 10.3 Å². The Hall–Kier alpha value is -1.85. The Morgan fingerprint density at radius 2 is 2.00 bits per heavy atom. The molecule has 0 aliphatic carbocycles. The van der Waals surface area contributed by atoms with Crippen LogP contribution in [0.5, 0.6) is 0 Å². The molecule has 0 spiro atoms. The zero-order chi connectivity index (χ0) is 13.2. The fraction of sp³-hybridized carbons (Fsp3) is 0.308. The van der Waals surface area contributed by atoms with E-state index in [0.717, 1.165) is 16.6 Å². The highest BCUT2D eigenvalue weighted by molar-refractivity contribution is 5.98. The first-order valence-electron chi connectivity index (χ1n) is 5.73. The Bertz CT molecular complexity index is 553. The van der Waals surface area contributed by atoms with E-state index in [1.54, 1.807) is 25.3 Å². The summed E-state index contributed by atoms with van der Waals surface area (Å²) in [6.45, 7) is 1.38. The number of rotatable bonds is 4. The molecule has 0 saturated carbocycles. The standard InChI is InChI=1S/C13H17N3O2/c1-13(7-17,8-18)16-11-5-4-10(14)9-3-2-6-15-12(9)11/h2-6,16-18H,7-8,14H2,1H3. The highest BCUT2D eigenvalue weighted by Crippen LogP contribution is 2.28. The minimum absolute atomic E-state index is 0.178. The van der Waals surface area contributed by atoms with Gasteiger partial charge in [-0.15, -0.1) is 0 Å². The zero-order valence-electron chi connectivity index (χ0n) is 10.2. The van der Waals surface area contributed by atoms with Gasteiger partial charge in [0.25, 0.3) is 0 Å². The molecule has 0 atom stereocenters. The number of hydrogen-bond acceptors (Lipinski definition) is 5. The molecule has 1 aromatic heterocycles.